The highest BCUT2D eigenvalue weighted by atomic mass is 14.1. The molecule has 0 bridgehead atoms. The predicted molar refractivity (Wildman–Crippen MR) is 91.9 cm³/mol. The van der Waals surface area contributed by atoms with Gasteiger partial charge < -0.3 is 0 Å². The summed E-state index contributed by atoms with van der Waals surface area (Å²) in [5.74, 6) is 0.714. The summed E-state index contributed by atoms with van der Waals surface area (Å²) in [5, 5.41) is 0. The predicted octanol–water partition coefficient (Wildman–Crippen LogP) is 6.87. The molecule has 0 aliphatic rings. The number of unbranched alkanes of at least 4 members (excludes halogenated alkanes) is 5. The second-order valence-electron chi connectivity index (χ2n) is 5.96. The lowest BCUT2D eigenvalue weighted by Gasteiger charge is -2.14. The summed E-state index contributed by atoms with van der Waals surface area (Å²) in [4.78, 5) is 0. The van der Waals surface area contributed by atoms with Gasteiger partial charge in [0.2, 0.25) is 0 Å². The fourth-order valence-electron chi connectivity index (χ4n) is 2.60. The lowest BCUT2D eigenvalue weighted by atomic mass is 9.91. The molecule has 0 aliphatic carbocycles. The van der Waals surface area contributed by atoms with Crippen molar-refractivity contribution in [3.63, 3.8) is 0 Å². The maximum atomic E-state index is 2.42. The molecular weight excluding hydrogens is 240 g/mol. The first kappa shape index (κ1) is 17.0. The van der Waals surface area contributed by atoms with Gasteiger partial charge in [-0.05, 0) is 30.7 Å². The van der Waals surface area contributed by atoms with Crippen LogP contribution in [0.5, 0.6) is 0 Å². The van der Waals surface area contributed by atoms with Crippen LogP contribution in [0.25, 0.3) is 6.08 Å². The van der Waals surface area contributed by atoms with Gasteiger partial charge in [-0.3, -0.25) is 0 Å². The van der Waals surface area contributed by atoms with Crippen LogP contribution in [0.15, 0.2) is 35.9 Å². The van der Waals surface area contributed by atoms with Crippen LogP contribution in [0, 0.1) is 5.92 Å². The maximum absolute atomic E-state index is 2.42. The Hall–Kier alpha value is -1.04. The molecule has 20 heavy (non-hydrogen) atoms. The van der Waals surface area contributed by atoms with E-state index in [0.717, 1.165) is 0 Å². The van der Waals surface area contributed by atoms with Crippen LogP contribution in [0.4, 0.5) is 0 Å². The van der Waals surface area contributed by atoms with Crippen molar-refractivity contribution in [1.29, 1.82) is 0 Å². The Labute approximate surface area is 126 Å². The van der Waals surface area contributed by atoms with Crippen LogP contribution in [0.1, 0.15) is 77.7 Å². The smallest absolute Gasteiger partial charge is 0.0231 e. The molecule has 112 valence electrons. The molecule has 0 N–H and O–H groups in total. The Morgan fingerprint density at radius 1 is 0.950 bits per heavy atom. The summed E-state index contributed by atoms with van der Waals surface area (Å²) in [5.41, 5.74) is 2.99. The molecule has 0 fully saturated rings. The minimum atomic E-state index is 0.714. The van der Waals surface area contributed by atoms with E-state index in [9.17, 15) is 0 Å². The third-order valence-corrected chi connectivity index (χ3v) is 4.22. The topological polar surface area (TPSA) is 0 Å². The molecule has 0 aliphatic heterocycles. The number of hydrogen-bond acceptors (Lipinski definition) is 0. The summed E-state index contributed by atoms with van der Waals surface area (Å²) < 4.78 is 0. The maximum Gasteiger partial charge on any atom is -0.0231 e. The molecule has 0 saturated carbocycles. The summed E-state index contributed by atoms with van der Waals surface area (Å²) in [6.45, 7) is 6.94. The molecule has 1 unspecified atom stereocenters. The van der Waals surface area contributed by atoms with Crippen molar-refractivity contribution in [3.05, 3.63) is 41.5 Å². The molecule has 1 aromatic rings. The molecule has 0 heteroatoms. The van der Waals surface area contributed by atoms with Gasteiger partial charge in [-0.15, -0.1) is 0 Å². The van der Waals surface area contributed by atoms with Crippen LogP contribution in [0.3, 0.4) is 0 Å². The monoisotopic (exact) mass is 272 g/mol. The molecule has 0 aromatic heterocycles. The zero-order chi connectivity index (χ0) is 14.6. The van der Waals surface area contributed by atoms with Crippen LogP contribution >= 0.6 is 0 Å². The molecular formula is C20H32. The highest BCUT2D eigenvalue weighted by molar-refractivity contribution is 5.53. The lowest BCUT2D eigenvalue weighted by Crippen LogP contribution is -1.98. The van der Waals surface area contributed by atoms with Gasteiger partial charge >= 0.3 is 0 Å². The molecule has 0 heterocycles. The third kappa shape index (κ3) is 6.93. The molecule has 0 nitrogen and oxygen atoms in total. The zero-order valence-corrected chi connectivity index (χ0v) is 13.7. The Morgan fingerprint density at radius 3 is 2.25 bits per heavy atom. The Morgan fingerprint density at radius 2 is 1.60 bits per heavy atom. The highest BCUT2D eigenvalue weighted by Crippen LogP contribution is 2.24. The first-order valence-electron chi connectivity index (χ1n) is 8.53. The van der Waals surface area contributed by atoms with Crippen LogP contribution in [0.2, 0.25) is 0 Å². The normalized spacial score (nSPS) is 13.4. The van der Waals surface area contributed by atoms with Crippen LogP contribution < -0.4 is 0 Å². The van der Waals surface area contributed by atoms with Crippen molar-refractivity contribution in [2.75, 3.05) is 0 Å². The van der Waals surface area contributed by atoms with Gasteiger partial charge in [-0.2, -0.15) is 0 Å². The van der Waals surface area contributed by atoms with E-state index in [2.05, 4.69) is 57.2 Å². The zero-order valence-electron chi connectivity index (χ0n) is 13.7. The van der Waals surface area contributed by atoms with Crippen molar-refractivity contribution in [2.45, 2.75) is 72.1 Å². The van der Waals surface area contributed by atoms with E-state index in [4.69, 9.17) is 0 Å². The molecule has 1 rings (SSSR count). The van der Waals surface area contributed by atoms with Gasteiger partial charge in [0, 0.05) is 0 Å². The summed E-state index contributed by atoms with van der Waals surface area (Å²) in [6.07, 6.45) is 13.2. The third-order valence-electron chi connectivity index (χ3n) is 4.22. The van der Waals surface area contributed by atoms with E-state index in [1.54, 1.807) is 5.57 Å². The van der Waals surface area contributed by atoms with E-state index in [0.29, 0.717) is 5.92 Å². The van der Waals surface area contributed by atoms with Crippen molar-refractivity contribution in [2.24, 2.45) is 5.92 Å². The van der Waals surface area contributed by atoms with Gasteiger partial charge in [0.1, 0.15) is 0 Å². The largest absolute Gasteiger partial charge is 0.0668 e. The SMILES string of the molecule is CCCCCCCCC(=Cc1ccccc1)C(C)CC. The van der Waals surface area contributed by atoms with Crippen molar-refractivity contribution in [1.82, 2.24) is 0 Å². The summed E-state index contributed by atoms with van der Waals surface area (Å²) in [6, 6.07) is 10.8. The number of benzene rings is 1. The first-order valence-corrected chi connectivity index (χ1v) is 8.53. The molecule has 0 amide bonds. The van der Waals surface area contributed by atoms with Gasteiger partial charge in [0.25, 0.3) is 0 Å². The second kappa shape index (κ2) is 10.7. The fraction of sp³-hybridized carbons (Fsp3) is 0.600. The molecule has 1 aromatic carbocycles. The standard InChI is InChI=1S/C20H32/c1-4-6-7-8-9-13-16-20(18(3)5-2)17-19-14-11-10-12-15-19/h10-12,14-15,17-18H,4-9,13,16H2,1-3H3. The molecule has 1 atom stereocenters. The van der Waals surface area contributed by atoms with Crippen LogP contribution in [-0.4, -0.2) is 0 Å². The summed E-state index contributed by atoms with van der Waals surface area (Å²) in [7, 11) is 0. The lowest BCUT2D eigenvalue weighted by molar-refractivity contribution is 0.572. The van der Waals surface area contributed by atoms with Crippen molar-refractivity contribution in [3.8, 4) is 0 Å². The van der Waals surface area contributed by atoms with Gasteiger partial charge in [-0.1, -0.05) is 94.9 Å². The Bertz CT molecular complexity index is 361. The van der Waals surface area contributed by atoms with Gasteiger partial charge in [-0.25, -0.2) is 0 Å². The van der Waals surface area contributed by atoms with E-state index in [1.807, 2.05) is 0 Å². The van der Waals surface area contributed by atoms with Crippen molar-refractivity contribution < 1.29 is 0 Å². The molecule has 0 spiro atoms. The summed E-state index contributed by atoms with van der Waals surface area (Å²) >= 11 is 0. The molecule has 0 saturated heterocycles. The second-order valence-corrected chi connectivity index (χ2v) is 5.96. The van der Waals surface area contributed by atoms with E-state index in [1.165, 1.54) is 56.9 Å². The minimum Gasteiger partial charge on any atom is -0.0668 e. The quantitative estimate of drug-likeness (QED) is 0.408. The van der Waals surface area contributed by atoms with Crippen molar-refractivity contribution >= 4 is 6.08 Å². The minimum absolute atomic E-state index is 0.714. The Balaban J connectivity index is 2.47. The average molecular weight is 272 g/mol. The number of rotatable bonds is 10. The van der Waals surface area contributed by atoms with Crippen LogP contribution in [-0.2, 0) is 0 Å². The number of hydrogen-bond donors (Lipinski definition) is 0. The fourth-order valence-corrected chi connectivity index (χ4v) is 2.60. The highest BCUT2D eigenvalue weighted by Gasteiger charge is 2.06. The van der Waals surface area contributed by atoms with E-state index >= 15 is 0 Å². The van der Waals surface area contributed by atoms with Gasteiger partial charge in [0.15, 0.2) is 0 Å². The van der Waals surface area contributed by atoms with Gasteiger partial charge in [0.05, 0.1) is 0 Å². The number of allylic oxidation sites excluding steroid dienone is 1. The first-order chi connectivity index (χ1) is 9.77. The van der Waals surface area contributed by atoms with E-state index < -0.39 is 0 Å². The molecule has 0 radical (unpaired) electrons. The average Bonchev–Trinajstić information content (AvgIpc) is 2.49. The van der Waals surface area contributed by atoms with E-state index in [-0.39, 0.29) is 0 Å². The Kier molecular flexibility index (Phi) is 9.11.